The first-order chi connectivity index (χ1) is 12.5. The molecule has 7 nitrogen and oxygen atoms in total. The van der Waals surface area contributed by atoms with E-state index in [4.69, 9.17) is 0 Å². The second-order valence-electron chi connectivity index (χ2n) is 6.91. The van der Waals surface area contributed by atoms with Crippen molar-refractivity contribution in [3.63, 3.8) is 0 Å². The van der Waals surface area contributed by atoms with E-state index in [0.29, 0.717) is 36.4 Å². The van der Waals surface area contributed by atoms with Crippen molar-refractivity contribution >= 4 is 27.5 Å². The lowest BCUT2D eigenvalue weighted by atomic mass is 10.1. The number of amides is 3. The Hall–Kier alpha value is -2.09. The Balaban J connectivity index is 1.60. The molecule has 1 aromatic rings. The van der Waals surface area contributed by atoms with E-state index in [0.717, 1.165) is 25.7 Å². The Morgan fingerprint density at radius 3 is 2.35 bits per heavy atom. The van der Waals surface area contributed by atoms with Crippen molar-refractivity contribution in [1.29, 1.82) is 0 Å². The third-order valence-electron chi connectivity index (χ3n) is 5.02. The summed E-state index contributed by atoms with van der Waals surface area (Å²) in [5.74, 6) is -0.171. The number of benzene rings is 1. The molecular formula is C18H25N3O4S. The van der Waals surface area contributed by atoms with E-state index in [2.05, 4.69) is 16.0 Å². The Kier molecular flexibility index (Phi) is 5.80. The Labute approximate surface area is 153 Å². The molecule has 26 heavy (non-hydrogen) atoms. The lowest BCUT2D eigenvalue weighted by Crippen LogP contribution is -2.47. The molecule has 8 heteroatoms. The van der Waals surface area contributed by atoms with Crippen molar-refractivity contribution in [2.45, 2.75) is 61.1 Å². The van der Waals surface area contributed by atoms with Crippen molar-refractivity contribution in [1.82, 2.24) is 10.6 Å². The van der Waals surface area contributed by atoms with Crippen molar-refractivity contribution in [3.8, 4) is 0 Å². The standard InChI is InChI=1S/C18H25N3O4S/c22-17-16(7-3-4-12-19-17)21-18(23)20-13-8-10-15(11-9-13)26(24,25)14-5-1-2-6-14/h8-11,14,16H,1-7,12H2,(H,19,22)(H2,20,21,23)/t16-/m0/s1. The van der Waals surface area contributed by atoms with Gasteiger partial charge in [0.05, 0.1) is 10.1 Å². The van der Waals surface area contributed by atoms with Gasteiger partial charge in [0, 0.05) is 12.2 Å². The molecule has 1 saturated carbocycles. The van der Waals surface area contributed by atoms with Crippen molar-refractivity contribution < 1.29 is 18.0 Å². The fourth-order valence-electron chi connectivity index (χ4n) is 3.52. The summed E-state index contributed by atoms with van der Waals surface area (Å²) in [4.78, 5) is 24.3. The van der Waals surface area contributed by atoms with Crippen LogP contribution in [0.15, 0.2) is 29.2 Å². The quantitative estimate of drug-likeness (QED) is 0.746. The van der Waals surface area contributed by atoms with Gasteiger partial charge in [0.1, 0.15) is 6.04 Å². The molecule has 0 spiro atoms. The van der Waals surface area contributed by atoms with Gasteiger partial charge in [-0.25, -0.2) is 13.2 Å². The maximum absolute atomic E-state index is 12.6. The highest BCUT2D eigenvalue weighted by atomic mass is 32.2. The first-order valence-corrected chi connectivity index (χ1v) is 10.7. The molecule has 1 saturated heterocycles. The molecule has 2 aliphatic rings. The van der Waals surface area contributed by atoms with Gasteiger partial charge in [-0.3, -0.25) is 4.79 Å². The highest BCUT2D eigenvalue weighted by Gasteiger charge is 2.30. The summed E-state index contributed by atoms with van der Waals surface area (Å²) >= 11 is 0. The fourth-order valence-corrected chi connectivity index (χ4v) is 5.38. The number of anilines is 1. The molecule has 0 bridgehead atoms. The molecule has 1 atom stereocenters. The van der Waals surface area contributed by atoms with Gasteiger partial charge in [0.25, 0.3) is 0 Å². The van der Waals surface area contributed by atoms with E-state index in [9.17, 15) is 18.0 Å². The van der Waals surface area contributed by atoms with Crippen LogP contribution >= 0.6 is 0 Å². The maximum Gasteiger partial charge on any atom is 0.319 e. The lowest BCUT2D eigenvalue weighted by molar-refractivity contribution is -0.122. The predicted molar refractivity (Wildman–Crippen MR) is 98.7 cm³/mol. The Morgan fingerprint density at radius 2 is 1.65 bits per heavy atom. The lowest BCUT2D eigenvalue weighted by Gasteiger charge is -2.16. The van der Waals surface area contributed by atoms with Crippen molar-refractivity contribution in [2.75, 3.05) is 11.9 Å². The number of carbonyl (C=O) groups is 2. The van der Waals surface area contributed by atoms with Crippen LogP contribution in [0.1, 0.15) is 44.9 Å². The molecule has 2 fully saturated rings. The van der Waals surface area contributed by atoms with Gasteiger partial charge in [-0.15, -0.1) is 0 Å². The number of hydrogen-bond donors (Lipinski definition) is 3. The number of urea groups is 1. The van der Waals surface area contributed by atoms with E-state index in [1.54, 1.807) is 12.1 Å². The summed E-state index contributed by atoms with van der Waals surface area (Å²) in [5, 5.41) is 7.79. The Morgan fingerprint density at radius 1 is 1.00 bits per heavy atom. The van der Waals surface area contributed by atoms with Crippen LogP contribution in [-0.4, -0.2) is 38.2 Å². The van der Waals surface area contributed by atoms with Crippen LogP contribution in [0.4, 0.5) is 10.5 Å². The first-order valence-electron chi connectivity index (χ1n) is 9.16. The second-order valence-corrected chi connectivity index (χ2v) is 9.14. The van der Waals surface area contributed by atoms with Gasteiger partial charge >= 0.3 is 6.03 Å². The minimum Gasteiger partial charge on any atom is -0.354 e. The van der Waals surface area contributed by atoms with Gasteiger partial charge in [0.15, 0.2) is 9.84 Å². The van der Waals surface area contributed by atoms with Crippen molar-refractivity contribution in [2.24, 2.45) is 0 Å². The average molecular weight is 379 g/mol. The zero-order chi connectivity index (χ0) is 18.6. The van der Waals surface area contributed by atoms with Crippen LogP contribution in [0.2, 0.25) is 0 Å². The third-order valence-corrected chi connectivity index (χ3v) is 7.30. The average Bonchev–Trinajstić information content (AvgIpc) is 3.09. The molecule has 3 N–H and O–H groups in total. The van der Waals surface area contributed by atoms with Gasteiger partial charge in [0.2, 0.25) is 5.91 Å². The topological polar surface area (TPSA) is 104 Å². The number of carbonyl (C=O) groups excluding carboxylic acids is 2. The zero-order valence-electron chi connectivity index (χ0n) is 14.7. The molecule has 0 aromatic heterocycles. The van der Waals surface area contributed by atoms with Gasteiger partial charge in [-0.1, -0.05) is 12.8 Å². The van der Waals surface area contributed by atoms with Crippen LogP contribution in [0.25, 0.3) is 0 Å². The minimum atomic E-state index is -3.30. The third kappa shape index (κ3) is 4.35. The van der Waals surface area contributed by atoms with Crippen molar-refractivity contribution in [3.05, 3.63) is 24.3 Å². The van der Waals surface area contributed by atoms with Gasteiger partial charge in [-0.2, -0.15) is 0 Å². The van der Waals surface area contributed by atoms with Gasteiger partial charge in [-0.05, 0) is 56.4 Å². The number of sulfone groups is 1. The number of nitrogens with one attached hydrogen (secondary N) is 3. The van der Waals surface area contributed by atoms with Crippen LogP contribution in [-0.2, 0) is 14.6 Å². The van der Waals surface area contributed by atoms with Crippen LogP contribution in [0.3, 0.4) is 0 Å². The molecule has 3 rings (SSSR count). The van der Waals surface area contributed by atoms with E-state index >= 15 is 0 Å². The number of hydrogen-bond acceptors (Lipinski definition) is 4. The maximum atomic E-state index is 12.6. The molecule has 3 amide bonds. The SMILES string of the molecule is O=C(Nc1ccc(S(=O)(=O)C2CCCC2)cc1)N[C@H]1CCCCNC1=O. The highest BCUT2D eigenvalue weighted by molar-refractivity contribution is 7.92. The van der Waals surface area contributed by atoms with Crippen LogP contribution in [0, 0.1) is 0 Å². The van der Waals surface area contributed by atoms with Gasteiger partial charge < -0.3 is 16.0 Å². The summed E-state index contributed by atoms with van der Waals surface area (Å²) < 4.78 is 25.1. The van der Waals surface area contributed by atoms with Crippen LogP contribution < -0.4 is 16.0 Å². The molecular weight excluding hydrogens is 354 g/mol. The molecule has 142 valence electrons. The van der Waals surface area contributed by atoms with E-state index in [1.165, 1.54) is 12.1 Å². The largest absolute Gasteiger partial charge is 0.354 e. The predicted octanol–water partition coefficient (Wildman–Crippen LogP) is 2.19. The zero-order valence-corrected chi connectivity index (χ0v) is 15.5. The monoisotopic (exact) mass is 379 g/mol. The summed E-state index contributed by atoms with van der Waals surface area (Å²) in [6.45, 7) is 0.634. The summed E-state index contributed by atoms with van der Waals surface area (Å²) in [5.41, 5.74) is 0.488. The molecule has 1 heterocycles. The minimum absolute atomic E-state index is 0.171. The fraction of sp³-hybridized carbons (Fsp3) is 0.556. The Bertz CT molecular complexity index is 755. The van der Waals surface area contributed by atoms with E-state index < -0.39 is 21.9 Å². The molecule has 1 aromatic carbocycles. The summed E-state index contributed by atoms with van der Waals surface area (Å²) in [6, 6.07) is 5.20. The first kappa shape index (κ1) is 18.7. The van der Waals surface area contributed by atoms with Crippen LogP contribution in [0.5, 0.6) is 0 Å². The van der Waals surface area contributed by atoms with E-state index in [-0.39, 0.29) is 11.2 Å². The second kappa shape index (κ2) is 8.07. The highest BCUT2D eigenvalue weighted by Crippen LogP contribution is 2.30. The molecule has 0 radical (unpaired) electrons. The summed E-state index contributed by atoms with van der Waals surface area (Å²) in [6.07, 6.45) is 5.73. The molecule has 1 aliphatic carbocycles. The van der Waals surface area contributed by atoms with E-state index in [1.807, 2.05) is 0 Å². The summed E-state index contributed by atoms with van der Waals surface area (Å²) in [7, 11) is -3.30. The number of rotatable bonds is 4. The smallest absolute Gasteiger partial charge is 0.319 e. The molecule has 1 aliphatic heterocycles. The molecule has 0 unspecified atom stereocenters. The normalized spacial score (nSPS) is 21.7.